The predicted octanol–water partition coefficient (Wildman–Crippen LogP) is 2.76. The quantitative estimate of drug-likeness (QED) is 0.697. The van der Waals surface area contributed by atoms with Crippen molar-refractivity contribution in [3.05, 3.63) is 47.7 Å². The number of anilines is 2. The van der Waals surface area contributed by atoms with Crippen molar-refractivity contribution < 1.29 is 14.3 Å². The van der Waals surface area contributed by atoms with E-state index in [1.165, 1.54) is 13.5 Å². The number of carbonyl (C=O) groups is 2. The lowest BCUT2D eigenvalue weighted by Gasteiger charge is -2.29. The fraction of sp³-hybridized carbons (Fsp3) is 0.381. The highest BCUT2D eigenvalue weighted by Crippen LogP contribution is 2.26. The smallest absolute Gasteiger partial charge is 0.319 e. The first kappa shape index (κ1) is 20.4. The molecule has 0 radical (unpaired) electrons. The van der Waals surface area contributed by atoms with E-state index in [-0.39, 0.29) is 11.9 Å². The van der Waals surface area contributed by atoms with Crippen LogP contribution in [0.1, 0.15) is 35.2 Å². The van der Waals surface area contributed by atoms with Crippen molar-refractivity contribution in [2.75, 3.05) is 37.5 Å². The van der Waals surface area contributed by atoms with Crippen LogP contribution >= 0.6 is 0 Å². The van der Waals surface area contributed by atoms with Gasteiger partial charge in [0.2, 0.25) is 0 Å². The predicted molar refractivity (Wildman–Crippen MR) is 113 cm³/mol. The summed E-state index contributed by atoms with van der Waals surface area (Å²) in [5, 5.41) is 8.19. The maximum Gasteiger partial charge on any atom is 0.319 e. The summed E-state index contributed by atoms with van der Waals surface area (Å²) < 4.78 is 5.28. The van der Waals surface area contributed by atoms with Crippen LogP contribution in [-0.2, 0) is 6.54 Å². The summed E-state index contributed by atoms with van der Waals surface area (Å²) in [5.41, 5.74) is 1.83. The third kappa shape index (κ3) is 5.16. The van der Waals surface area contributed by atoms with Gasteiger partial charge in [-0.25, -0.2) is 9.78 Å². The summed E-state index contributed by atoms with van der Waals surface area (Å²) in [6, 6.07) is 8.34. The molecule has 0 spiro atoms. The molecule has 0 saturated carbocycles. The fourth-order valence-electron chi connectivity index (χ4n) is 3.39. The van der Waals surface area contributed by atoms with Crippen LogP contribution in [-0.4, -0.2) is 44.2 Å². The summed E-state index contributed by atoms with van der Waals surface area (Å²) in [4.78, 5) is 31.1. The number of benzene rings is 1. The number of carbonyl (C=O) groups excluding carboxylic acids is 2. The number of pyridine rings is 1. The molecule has 1 aromatic heterocycles. The number of piperidine rings is 1. The Morgan fingerprint density at radius 3 is 2.69 bits per heavy atom. The minimum Gasteiger partial charge on any atom is -0.495 e. The van der Waals surface area contributed by atoms with Crippen LogP contribution in [0.5, 0.6) is 5.75 Å². The molecule has 2 aromatic rings. The summed E-state index contributed by atoms with van der Waals surface area (Å²) in [6.45, 7) is 2.32. The molecule has 0 atom stereocenters. The number of urea groups is 1. The molecule has 3 rings (SSSR count). The van der Waals surface area contributed by atoms with E-state index >= 15 is 0 Å². The van der Waals surface area contributed by atoms with Crippen LogP contribution in [0.2, 0.25) is 0 Å². The SMILES string of the molecule is CNC(=O)c1ccc(OC)c(NC(=O)NCc2cccnc2N2CCCCC2)c1. The number of hydrogen-bond donors (Lipinski definition) is 3. The third-order valence-corrected chi connectivity index (χ3v) is 4.90. The topological polar surface area (TPSA) is 95.6 Å². The Balaban J connectivity index is 1.67. The zero-order valence-electron chi connectivity index (χ0n) is 16.8. The molecule has 1 saturated heterocycles. The van der Waals surface area contributed by atoms with E-state index in [0.29, 0.717) is 23.5 Å². The van der Waals surface area contributed by atoms with Crippen molar-refractivity contribution in [1.29, 1.82) is 0 Å². The van der Waals surface area contributed by atoms with Crippen LogP contribution in [0.25, 0.3) is 0 Å². The Hall–Kier alpha value is -3.29. The fourth-order valence-corrected chi connectivity index (χ4v) is 3.39. The lowest BCUT2D eigenvalue weighted by Crippen LogP contribution is -2.33. The monoisotopic (exact) mass is 397 g/mol. The van der Waals surface area contributed by atoms with E-state index in [2.05, 4.69) is 25.8 Å². The van der Waals surface area contributed by atoms with E-state index in [0.717, 1.165) is 37.3 Å². The van der Waals surface area contributed by atoms with Gasteiger partial charge in [-0.15, -0.1) is 0 Å². The zero-order valence-corrected chi connectivity index (χ0v) is 16.8. The molecular formula is C21H27N5O3. The number of nitrogens with zero attached hydrogens (tertiary/aromatic N) is 2. The molecule has 0 aliphatic carbocycles. The van der Waals surface area contributed by atoms with E-state index in [9.17, 15) is 9.59 Å². The Kier molecular flexibility index (Phi) is 6.89. The number of methoxy groups -OCH3 is 1. The molecule has 3 N–H and O–H groups in total. The maximum atomic E-state index is 12.5. The second kappa shape index (κ2) is 9.77. The molecule has 1 aromatic carbocycles. The molecule has 0 bridgehead atoms. The lowest BCUT2D eigenvalue weighted by atomic mass is 10.1. The standard InChI is InChI=1S/C21H27N5O3/c1-22-20(27)15-8-9-18(29-2)17(13-15)25-21(28)24-14-16-7-6-10-23-19(16)26-11-4-3-5-12-26/h6-10,13H,3-5,11-12,14H2,1-2H3,(H,22,27)(H2,24,25,28). The van der Waals surface area contributed by atoms with E-state index in [1.807, 2.05) is 12.1 Å². The largest absolute Gasteiger partial charge is 0.495 e. The van der Waals surface area contributed by atoms with Crippen molar-refractivity contribution in [1.82, 2.24) is 15.6 Å². The van der Waals surface area contributed by atoms with Gasteiger partial charge in [0.25, 0.3) is 5.91 Å². The van der Waals surface area contributed by atoms with Gasteiger partial charge in [-0.2, -0.15) is 0 Å². The second-order valence-electron chi connectivity index (χ2n) is 6.84. The van der Waals surface area contributed by atoms with Gasteiger partial charge in [0.05, 0.1) is 12.8 Å². The zero-order chi connectivity index (χ0) is 20.6. The minimum absolute atomic E-state index is 0.238. The van der Waals surface area contributed by atoms with Gasteiger partial charge in [-0.3, -0.25) is 4.79 Å². The van der Waals surface area contributed by atoms with E-state index < -0.39 is 0 Å². The molecule has 1 aliphatic rings. The summed E-state index contributed by atoms with van der Waals surface area (Å²) in [5.74, 6) is 1.16. The average Bonchev–Trinajstić information content (AvgIpc) is 2.78. The lowest BCUT2D eigenvalue weighted by molar-refractivity contribution is 0.0963. The number of hydrogen-bond acceptors (Lipinski definition) is 5. The molecule has 1 aliphatic heterocycles. The van der Waals surface area contributed by atoms with Gasteiger partial charge in [0.15, 0.2) is 0 Å². The first-order valence-electron chi connectivity index (χ1n) is 9.76. The van der Waals surface area contributed by atoms with Crippen LogP contribution < -0.4 is 25.6 Å². The molecule has 8 heteroatoms. The Bertz CT molecular complexity index is 865. The summed E-state index contributed by atoms with van der Waals surface area (Å²) in [6.07, 6.45) is 5.34. The van der Waals surface area contributed by atoms with Crippen molar-refractivity contribution in [3.8, 4) is 5.75 Å². The summed E-state index contributed by atoms with van der Waals surface area (Å²) >= 11 is 0. The molecule has 8 nitrogen and oxygen atoms in total. The number of ether oxygens (including phenoxy) is 1. The van der Waals surface area contributed by atoms with Crippen LogP contribution in [0.4, 0.5) is 16.3 Å². The Morgan fingerprint density at radius 2 is 1.97 bits per heavy atom. The van der Waals surface area contributed by atoms with Gasteiger partial charge in [0.1, 0.15) is 11.6 Å². The van der Waals surface area contributed by atoms with Crippen LogP contribution in [0.15, 0.2) is 36.5 Å². The van der Waals surface area contributed by atoms with Crippen LogP contribution in [0.3, 0.4) is 0 Å². The van der Waals surface area contributed by atoms with Crippen molar-refractivity contribution in [2.24, 2.45) is 0 Å². The highest BCUT2D eigenvalue weighted by molar-refractivity contribution is 5.97. The highest BCUT2D eigenvalue weighted by Gasteiger charge is 2.16. The molecule has 2 heterocycles. The van der Waals surface area contributed by atoms with Gasteiger partial charge in [-0.1, -0.05) is 6.07 Å². The first-order chi connectivity index (χ1) is 14.1. The number of amides is 3. The van der Waals surface area contributed by atoms with Crippen molar-refractivity contribution in [2.45, 2.75) is 25.8 Å². The van der Waals surface area contributed by atoms with E-state index in [1.54, 1.807) is 31.4 Å². The molecular weight excluding hydrogens is 370 g/mol. The number of nitrogens with one attached hydrogen (secondary N) is 3. The minimum atomic E-state index is -0.384. The molecule has 0 unspecified atom stereocenters. The number of aromatic nitrogens is 1. The van der Waals surface area contributed by atoms with Gasteiger partial charge >= 0.3 is 6.03 Å². The Morgan fingerprint density at radius 1 is 1.17 bits per heavy atom. The second-order valence-corrected chi connectivity index (χ2v) is 6.84. The molecule has 29 heavy (non-hydrogen) atoms. The van der Waals surface area contributed by atoms with E-state index in [4.69, 9.17) is 4.74 Å². The van der Waals surface area contributed by atoms with Gasteiger partial charge in [0, 0.05) is 44.0 Å². The van der Waals surface area contributed by atoms with Gasteiger partial charge in [-0.05, 0) is 43.5 Å². The molecule has 1 fully saturated rings. The molecule has 154 valence electrons. The maximum absolute atomic E-state index is 12.5. The van der Waals surface area contributed by atoms with Gasteiger partial charge < -0.3 is 25.6 Å². The summed E-state index contributed by atoms with van der Waals surface area (Å²) in [7, 11) is 3.07. The van der Waals surface area contributed by atoms with Crippen molar-refractivity contribution in [3.63, 3.8) is 0 Å². The molecule has 3 amide bonds. The van der Waals surface area contributed by atoms with Crippen molar-refractivity contribution >= 4 is 23.4 Å². The third-order valence-electron chi connectivity index (χ3n) is 4.90. The number of rotatable bonds is 6. The average molecular weight is 397 g/mol. The van der Waals surface area contributed by atoms with Crippen LogP contribution in [0, 0.1) is 0 Å². The first-order valence-corrected chi connectivity index (χ1v) is 9.76. The Labute approximate surface area is 170 Å². The highest BCUT2D eigenvalue weighted by atomic mass is 16.5. The normalized spacial score (nSPS) is 13.5.